The van der Waals surface area contributed by atoms with Crippen molar-refractivity contribution in [2.45, 2.75) is 25.9 Å². The monoisotopic (exact) mass is 396 g/mol. The van der Waals surface area contributed by atoms with E-state index in [1.54, 1.807) is 36.1 Å². The predicted molar refractivity (Wildman–Crippen MR) is 107 cm³/mol. The minimum absolute atomic E-state index is 0.154. The van der Waals surface area contributed by atoms with Gasteiger partial charge >= 0.3 is 5.69 Å². The Balaban J connectivity index is 1.78. The smallest absolute Gasteiger partial charge is 0.324 e. The molecule has 1 aliphatic rings. The molecule has 1 aliphatic heterocycles. The highest BCUT2D eigenvalue weighted by molar-refractivity contribution is 6.04. The van der Waals surface area contributed by atoms with Crippen LogP contribution in [0.4, 0.5) is 11.4 Å². The number of amides is 2. The van der Waals surface area contributed by atoms with Gasteiger partial charge in [-0.1, -0.05) is 12.1 Å². The molecule has 2 amide bonds. The normalized spacial score (nSPS) is 16.4. The number of hydrogen-bond donors (Lipinski definition) is 1. The third-order valence-corrected chi connectivity index (χ3v) is 5.15. The van der Waals surface area contributed by atoms with Crippen molar-refractivity contribution in [1.29, 1.82) is 0 Å². The Morgan fingerprint density at radius 1 is 1.17 bits per heavy atom. The lowest BCUT2D eigenvalue weighted by Crippen LogP contribution is -2.41. The van der Waals surface area contributed by atoms with Crippen molar-refractivity contribution < 1.29 is 9.59 Å². The number of aryl methyl sites for hydroxylation is 1. The van der Waals surface area contributed by atoms with E-state index < -0.39 is 11.2 Å². The molecule has 1 aromatic carbocycles. The fraction of sp³-hybridized carbons (Fsp3) is 0.316. The second-order valence-corrected chi connectivity index (χ2v) is 7.13. The first kappa shape index (κ1) is 18.7. The van der Waals surface area contributed by atoms with Gasteiger partial charge in [-0.25, -0.2) is 9.78 Å². The molecule has 0 unspecified atom stereocenters. The molecule has 0 saturated heterocycles. The molecule has 10 heteroatoms. The number of carbonyl (C=O) groups excluding carboxylic acids is 2. The molecule has 0 spiro atoms. The van der Waals surface area contributed by atoms with Gasteiger partial charge in [0.05, 0.1) is 17.7 Å². The number of nitrogens with one attached hydrogen (secondary N) is 1. The summed E-state index contributed by atoms with van der Waals surface area (Å²) in [4.78, 5) is 55.8. The number of aromatic nitrogens is 4. The van der Waals surface area contributed by atoms with Crippen LogP contribution in [0, 0.1) is 0 Å². The number of nitrogens with zero attached hydrogens (tertiary/aromatic N) is 5. The average Bonchev–Trinajstić information content (AvgIpc) is 3.03. The van der Waals surface area contributed by atoms with Gasteiger partial charge in [0.25, 0.3) is 5.56 Å². The fourth-order valence-corrected chi connectivity index (χ4v) is 3.71. The molecule has 10 nitrogen and oxygen atoms in total. The number of para-hydroxylation sites is 2. The van der Waals surface area contributed by atoms with E-state index in [-0.39, 0.29) is 42.0 Å². The van der Waals surface area contributed by atoms with E-state index in [4.69, 9.17) is 0 Å². The maximum atomic E-state index is 13.3. The Morgan fingerprint density at radius 3 is 2.66 bits per heavy atom. The lowest BCUT2D eigenvalue weighted by atomic mass is 10.1. The van der Waals surface area contributed by atoms with Crippen LogP contribution in [0.5, 0.6) is 0 Å². The molecular formula is C19H20N6O4. The zero-order valence-corrected chi connectivity index (χ0v) is 16.2. The summed E-state index contributed by atoms with van der Waals surface area (Å²) in [6.45, 7) is 1.64. The van der Waals surface area contributed by atoms with Crippen LogP contribution < -0.4 is 21.5 Å². The molecule has 0 bridgehead atoms. The summed E-state index contributed by atoms with van der Waals surface area (Å²) in [7, 11) is 2.90. The van der Waals surface area contributed by atoms with Crippen LogP contribution in [0.1, 0.15) is 13.3 Å². The second kappa shape index (κ2) is 6.73. The van der Waals surface area contributed by atoms with Gasteiger partial charge in [0.15, 0.2) is 11.2 Å². The van der Waals surface area contributed by atoms with Gasteiger partial charge in [0, 0.05) is 26.6 Å². The highest BCUT2D eigenvalue weighted by atomic mass is 16.2. The molecule has 150 valence electrons. The van der Waals surface area contributed by atoms with Crippen molar-refractivity contribution in [2.24, 2.45) is 14.1 Å². The molecule has 4 rings (SSSR count). The summed E-state index contributed by atoms with van der Waals surface area (Å²) in [6.07, 6.45) is 1.53. The number of fused-ring (bicyclic) bond motifs is 2. The number of anilines is 2. The van der Waals surface area contributed by atoms with Gasteiger partial charge in [-0.3, -0.25) is 23.5 Å². The summed E-state index contributed by atoms with van der Waals surface area (Å²) >= 11 is 0. The largest absolute Gasteiger partial charge is 0.332 e. The quantitative estimate of drug-likeness (QED) is 0.665. The highest BCUT2D eigenvalue weighted by Crippen LogP contribution is 2.31. The Morgan fingerprint density at radius 2 is 1.90 bits per heavy atom. The van der Waals surface area contributed by atoms with E-state index >= 15 is 0 Å². The van der Waals surface area contributed by atoms with E-state index in [9.17, 15) is 19.2 Å². The molecule has 2 aromatic heterocycles. The van der Waals surface area contributed by atoms with E-state index in [1.165, 1.54) is 29.6 Å². The third-order valence-electron chi connectivity index (χ3n) is 5.15. The van der Waals surface area contributed by atoms with Gasteiger partial charge < -0.3 is 14.8 Å². The molecule has 1 atom stereocenters. The standard InChI is InChI=1S/C19H20N6O4/c1-11-8-14(26)21-12-6-4-5-7-13(12)25(11)15(27)9-24-10-20-17-16(24)18(28)23(3)19(29)22(17)2/h4-7,10-11H,8-9H2,1-3H3,(H,21,26)/t11-/m0/s1. The van der Waals surface area contributed by atoms with Crippen LogP contribution in [0.2, 0.25) is 0 Å². The van der Waals surface area contributed by atoms with Crippen molar-refractivity contribution in [3.8, 4) is 0 Å². The zero-order valence-electron chi connectivity index (χ0n) is 16.2. The lowest BCUT2D eigenvalue weighted by Gasteiger charge is -2.28. The third kappa shape index (κ3) is 2.93. The Bertz CT molecular complexity index is 1270. The second-order valence-electron chi connectivity index (χ2n) is 7.13. The number of rotatable bonds is 2. The first-order valence-electron chi connectivity index (χ1n) is 9.11. The molecule has 0 fully saturated rings. The molecule has 0 aliphatic carbocycles. The topological polar surface area (TPSA) is 111 Å². The molecule has 3 heterocycles. The fourth-order valence-electron chi connectivity index (χ4n) is 3.71. The summed E-state index contributed by atoms with van der Waals surface area (Å²) in [5.41, 5.74) is 0.540. The molecule has 0 saturated carbocycles. The molecule has 1 N–H and O–H groups in total. The number of hydrogen-bond acceptors (Lipinski definition) is 5. The van der Waals surface area contributed by atoms with Gasteiger partial charge in [0.2, 0.25) is 11.8 Å². The first-order chi connectivity index (χ1) is 13.8. The maximum Gasteiger partial charge on any atom is 0.332 e. The van der Waals surface area contributed by atoms with Gasteiger partial charge in [-0.15, -0.1) is 0 Å². The van der Waals surface area contributed by atoms with Crippen molar-refractivity contribution in [3.05, 3.63) is 51.4 Å². The number of benzene rings is 1. The van der Waals surface area contributed by atoms with Gasteiger partial charge in [-0.05, 0) is 19.1 Å². The van der Waals surface area contributed by atoms with Gasteiger partial charge in [-0.2, -0.15) is 0 Å². The van der Waals surface area contributed by atoms with E-state index in [1.807, 2.05) is 0 Å². The van der Waals surface area contributed by atoms with Crippen LogP contribution in [0.15, 0.2) is 40.2 Å². The number of imidazole rings is 1. The van der Waals surface area contributed by atoms with Crippen LogP contribution in [0.3, 0.4) is 0 Å². The molecule has 3 aromatic rings. The zero-order chi connectivity index (χ0) is 20.9. The van der Waals surface area contributed by atoms with Crippen LogP contribution >= 0.6 is 0 Å². The molecule has 29 heavy (non-hydrogen) atoms. The minimum atomic E-state index is -0.519. The van der Waals surface area contributed by atoms with Gasteiger partial charge in [0.1, 0.15) is 6.54 Å². The average molecular weight is 396 g/mol. The maximum absolute atomic E-state index is 13.3. The first-order valence-corrected chi connectivity index (χ1v) is 9.11. The predicted octanol–water partition coefficient (Wildman–Crippen LogP) is 0.198. The highest BCUT2D eigenvalue weighted by Gasteiger charge is 2.30. The Hall–Kier alpha value is -3.69. The summed E-state index contributed by atoms with van der Waals surface area (Å²) in [5.74, 6) is -0.464. The van der Waals surface area contributed by atoms with Crippen molar-refractivity contribution in [3.63, 3.8) is 0 Å². The summed E-state index contributed by atoms with van der Waals surface area (Å²) in [6, 6.07) is 6.72. The van der Waals surface area contributed by atoms with Crippen molar-refractivity contribution in [1.82, 2.24) is 18.7 Å². The van der Waals surface area contributed by atoms with Crippen LogP contribution in [-0.2, 0) is 30.2 Å². The van der Waals surface area contributed by atoms with E-state index in [2.05, 4.69) is 10.3 Å². The Kier molecular flexibility index (Phi) is 4.33. The van der Waals surface area contributed by atoms with Crippen LogP contribution in [0.25, 0.3) is 11.2 Å². The lowest BCUT2D eigenvalue weighted by molar-refractivity contribution is -0.119. The minimum Gasteiger partial charge on any atom is -0.324 e. The summed E-state index contributed by atoms with van der Waals surface area (Å²) < 4.78 is 3.69. The van der Waals surface area contributed by atoms with Crippen LogP contribution in [-0.4, -0.2) is 36.5 Å². The van der Waals surface area contributed by atoms with Crippen molar-refractivity contribution >= 4 is 34.4 Å². The van der Waals surface area contributed by atoms with E-state index in [0.717, 1.165) is 4.57 Å². The molecule has 0 radical (unpaired) electrons. The SMILES string of the molecule is C[C@H]1CC(=O)Nc2ccccc2N1C(=O)Cn1cnc2c1c(=O)n(C)c(=O)n2C. The number of carbonyl (C=O) groups is 2. The van der Waals surface area contributed by atoms with E-state index in [0.29, 0.717) is 11.4 Å². The Labute approximate surface area is 165 Å². The summed E-state index contributed by atoms with van der Waals surface area (Å²) in [5, 5.41) is 2.81. The molecular weight excluding hydrogens is 376 g/mol. The van der Waals surface area contributed by atoms with Crippen molar-refractivity contribution in [2.75, 3.05) is 10.2 Å².